The lowest BCUT2D eigenvalue weighted by Crippen LogP contribution is -2.31. The van der Waals surface area contributed by atoms with E-state index in [1.807, 2.05) is 11.8 Å². The van der Waals surface area contributed by atoms with Gasteiger partial charge in [-0.05, 0) is 32.1 Å². The molecule has 5 heteroatoms. The lowest BCUT2D eigenvalue weighted by Gasteiger charge is -2.21. The zero-order chi connectivity index (χ0) is 13.1. The Morgan fingerprint density at radius 3 is 2.84 bits per heavy atom. The van der Waals surface area contributed by atoms with Crippen LogP contribution in [-0.4, -0.2) is 39.6 Å². The lowest BCUT2D eigenvalue weighted by molar-refractivity contribution is 0.243. The molecule has 1 saturated heterocycles. The summed E-state index contributed by atoms with van der Waals surface area (Å²) in [6.45, 7) is 0.821. The third kappa shape index (κ3) is 3.31. The van der Waals surface area contributed by atoms with E-state index in [1.54, 1.807) is 0 Å². The molecule has 0 bridgehead atoms. The van der Waals surface area contributed by atoms with Crippen LogP contribution >= 0.6 is 11.8 Å². The summed E-state index contributed by atoms with van der Waals surface area (Å²) < 4.78 is 5.47. The molecular weight excluding hydrogens is 258 g/mol. The highest BCUT2D eigenvalue weighted by Gasteiger charge is 2.24. The minimum Gasteiger partial charge on any atom is -0.339 e. The maximum absolute atomic E-state index is 5.47. The van der Waals surface area contributed by atoms with Crippen LogP contribution in [0.5, 0.6) is 0 Å². The third-order valence-corrected chi connectivity index (χ3v) is 5.50. The zero-order valence-electron chi connectivity index (χ0n) is 11.7. The van der Waals surface area contributed by atoms with E-state index in [0.717, 1.165) is 18.3 Å². The Bertz CT molecular complexity index is 397. The van der Waals surface area contributed by atoms with Crippen molar-refractivity contribution in [3.8, 4) is 0 Å². The van der Waals surface area contributed by atoms with E-state index in [4.69, 9.17) is 4.52 Å². The number of aromatic nitrogens is 2. The smallest absolute Gasteiger partial charge is 0.229 e. The maximum Gasteiger partial charge on any atom is 0.229 e. The Morgan fingerprint density at radius 2 is 2.11 bits per heavy atom. The Hall–Kier alpha value is -0.550. The van der Waals surface area contributed by atoms with E-state index in [-0.39, 0.29) is 0 Å². The largest absolute Gasteiger partial charge is 0.339 e. The molecule has 2 aliphatic rings. The van der Waals surface area contributed by atoms with Crippen molar-refractivity contribution in [2.24, 2.45) is 0 Å². The van der Waals surface area contributed by atoms with Crippen LogP contribution in [0.15, 0.2) is 4.52 Å². The Morgan fingerprint density at radius 1 is 1.26 bits per heavy atom. The molecule has 1 aliphatic carbocycles. The van der Waals surface area contributed by atoms with Gasteiger partial charge in [-0.3, -0.25) is 4.90 Å². The fourth-order valence-corrected chi connectivity index (χ4v) is 4.37. The molecule has 2 fully saturated rings. The van der Waals surface area contributed by atoms with Crippen LogP contribution < -0.4 is 0 Å². The summed E-state index contributed by atoms with van der Waals surface area (Å²) >= 11 is 2.04. The van der Waals surface area contributed by atoms with Crippen LogP contribution in [0.25, 0.3) is 0 Å². The summed E-state index contributed by atoms with van der Waals surface area (Å²) in [5.41, 5.74) is 0. The van der Waals surface area contributed by atoms with Gasteiger partial charge in [0.2, 0.25) is 5.89 Å². The molecule has 3 rings (SSSR count). The Kier molecular flexibility index (Phi) is 4.43. The lowest BCUT2D eigenvalue weighted by atomic mass is 9.89. The van der Waals surface area contributed by atoms with E-state index >= 15 is 0 Å². The number of hydrogen-bond acceptors (Lipinski definition) is 5. The molecule has 1 aromatic rings. The van der Waals surface area contributed by atoms with Crippen molar-refractivity contribution in [2.75, 3.05) is 18.6 Å². The van der Waals surface area contributed by atoms with Crippen LogP contribution in [-0.2, 0) is 6.54 Å². The standard InChI is InChI=1S/C14H23N3OS/c1-17(12-7-8-19-10-12)9-13-15-14(18-16-13)11-5-3-2-4-6-11/h11-12H,2-10H2,1H3/t12-/m0/s1. The van der Waals surface area contributed by atoms with Crippen molar-refractivity contribution in [1.82, 2.24) is 15.0 Å². The highest BCUT2D eigenvalue weighted by Crippen LogP contribution is 2.31. The number of rotatable bonds is 4. The van der Waals surface area contributed by atoms with Gasteiger partial charge in [-0.1, -0.05) is 24.4 Å². The second kappa shape index (κ2) is 6.27. The quantitative estimate of drug-likeness (QED) is 0.848. The molecule has 1 atom stereocenters. The minimum atomic E-state index is 0.516. The van der Waals surface area contributed by atoms with Crippen molar-refractivity contribution >= 4 is 11.8 Å². The molecule has 4 nitrogen and oxygen atoms in total. The van der Waals surface area contributed by atoms with Gasteiger partial charge in [0.25, 0.3) is 0 Å². The molecule has 1 aliphatic heterocycles. The molecule has 2 heterocycles. The summed E-state index contributed by atoms with van der Waals surface area (Å²) in [5.74, 6) is 4.78. The van der Waals surface area contributed by atoms with Crippen LogP contribution in [0.2, 0.25) is 0 Å². The first-order chi connectivity index (χ1) is 9.33. The first-order valence-electron chi connectivity index (χ1n) is 7.43. The van der Waals surface area contributed by atoms with Gasteiger partial charge in [-0.25, -0.2) is 0 Å². The molecule has 0 spiro atoms. The molecule has 0 radical (unpaired) electrons. The molecule has 1 saturated carbocycles. The molecule has 106 valence electrons. The molecule has 0 N–H and O–H groups in total. The molecule has 0 aromatic carbocycles. The molecule has 1 aromatic heterocycles. The van der Waals surface area contributed by atoms with Crippen molar-refractivity contribution in [3.63, 3.8) is 0 Å². The van der Waals surface area contributed by atoms with E-state index in [0.29, 0.717) is 12.0 Å². The molecule has 0 amide bonds. The van der Waals surface area contributed by atoms with Crippen molar-refractivity contribution in [3.05, 3.63) is 11.7 Å². The van der Waals surface area contributed by atoms with E-state index in [1.165, 1.54) is 50.0 Å². The van der Waals surface area contributed by atoms with Gasteiger partial charge in [0, 0.05) is 17.7 Å². The van der Waals surface area contributed by atoms with Crippen molar-refractivity contribution in [1.29, 1.82) is 0 Å². The average molecular weight is 281 g/mol. The SMILES string of the molecule is CN(Cc1noc(C2CCCCC2)n1)[C@H]1CCSC1. The van der Waals surface area contributed by atoms with Crippen LogP contribution in [0, 0.1) is 0 Å². The van der Waals surface area contributed by atoms with Gasteiger partial charge < -0.3 is 4.52 Å². The van der Waals surface area contributed by atoms with Gasteiger partial charge in [0.15, 0.2) is 5.82 Å². The predicted octanol–water partition coefficient (Wildman–Crippen LogP) is 3.05. The van der Waals surface area contributed by atoms with Gasteiger partial charge in [0.1, 0.15) is 0 Å². The maximum atomic E-state index is 5.47. The van der Waals surface area contributed by atoms with Gasteiger partial charge >= 0.3 is 0 Å². The second-order valence-corrected chi connectivity index (χ2v) is 6.97. The van der Waals surface area contributed by atoms with Gasteiger partial charge in [0.05, 0.1) is 6.54 Å². The molecule has 19 heavy (non-hydrogen) atoms. The van der Waals surface area contributed by atoms with E-state index in [2.05, 4.69) is 22.1 Å². The highest BCUT2D eigenvalue weighted by atomic mass is 32.2. The third-order valence-electron chi connectivity index (χ3n) is 4.36. The van der Waals surface area contributed by atoms with Crippen molar-refractivity contribution < 1.29 is 4.52 Å². The minimum absolute atomic E-state index is 0.516. The van der Waals surface area contributed by atoms with Gasteiger partial charge in [-0.2, -0.15) is 16.7 Å². The number of hydrogen-bond donors (Lipinski definition) is 0. The van der Waals surface area contributed by atoms with Crippen molar-refractivity contribution in [2.45, 2.75) is 57.0 Å². The van der Waals surface area contributed by atoms with Crippen LogP contribution in [0.1, 0.15) is 56.2 Å². The van der Waals surface area contributed by atoms with Crippen LogP contribution in [0.4, 0.5) is 0 Å². The summed E-state index contributed by atoms with van der Waals surface area (Å²) in [6, 6.07) is 0.682. The van der Waals surface area contributed by atoms with Gasteiger partial charge in [-0.15, -0.1) is 0 Å². The number of nitrogens with zero attached hydrogens (tertiary/aromatic N) is 3. The van der Waals surface area contributed by atoms with E-state index < -0.39 is 0 Å². The summed E-state index contributed by atoms with van der Waals surface area (Å²) in [6.07, 6.45) is 7.70. The average Bonchev–Trinajstić information content (AvgIpc) is 3.11. The Labute approximate surface area is 119 Å². The fourth-order valence-electron chi connectivity index (χ4n) is 3.07. The molecular formula is C14H23N3OS. The normalized spacial score (nSPS) is 25.3. The fraction of sp³-hybridized carbons (Fsp3) is 0.857. The Balaban J connectivity index is 1.57. The molecule has 0 unspecified atom stereocenters. The summed E-state index contributed by atoms with van der Waals surface area (Å²) in [5, 5.41) is 4.17. The highest BCUT2D eigenvalue weighted by molar-refractivity contribution is 7.99. The summed E-state index contributed by atoms with van der Waals surface area (Å²) in [4.78, 5) is 6.99. The number of thioether (sulfide) groups is 1. The first-order valence-corrected chi connectivity index (χ1v) is 8.59. The predicted molar refractivity (Wildman–Crippen MR) is 77.3 cm³/mol. The van der Waals surface area contributed by atoms with Crippen LogP contribution in [0.3, 0.4) is 0 Å². The van der Waals surface area contributed by atoms with E-state index in [9.17, 15) is 0 Å². The zero-order valence-corrected chi connectivity index (χ0v) is 12.5. The first kappa shape index (κ1) is 13.4. The topological polar surface area (TPSA) is 42.2 Å². The second-order valence-electron chi connectivity index (χ2n) is 5.82. The monoisotopic (exact) mass is 281 g/mol. The summed E-state index contributed by atoms with van der Waals surface area (Å²) in [7, 11) is 2.17.